The predicted octanol–water partition coefficient (Wildman–Crippen LogP) is 2.72. The first kappa shape index (κ1) is 17.0. The maximum atomic E-state index is 13.2. The van der Waals surface area contributed by atoms with E-state index in [4.69, 9.17) is 0 Å². The monoisotopic (exact) mass is 374 g/mol. The highest BCUT2D eigenvalue weighted by Crippen LogP contribution is 2.56. The van der Waals surface area contributed by atoms with Gasteiger partial charge in [0, 0.05) is 35.5 Å². The Morgan fingerprint density at radius 2 is 2.07 bits per heavy atom. The van der Waals surface area contributed by atoms with Crippen LogP contribution in [0.2, 0.25) is 0 Å². The van der Waals surface area contributed by atoms with Crippen LogP contribution in [0.5, 0.6) is 0 Å². The average molecular weight is 374 g/mol. The molecule has 2 fully saturated rings. The molecule has 3 aromatic rings. The van der Waals surface area contributed by atoms with Crippen molar-refractivity contribution < 1.29 is 4.79 Å². The maximum Gasteiger partial charge on any atom is 0.232 e. The number of carbonyl (C=O) groups excluding carboxylic acids is 1. The molecule has 28 heavy (non-hydrogen) atoms. The van der Waals surface area contributed by atoms with Crippen LogP contribution >= 0.6 is 0 Å². The molecule has 0 bridgehead atoms. The Kier molecular flexibility index (Phi) is 3.79. The number of amides is 1. The Morgan fingerprint density at radius 1 is 1.21 bits per heavy atom. The third kappa shape index (κ3) is 2.61. The summed E-state index contributed by atoms with van der Waals surface area (Å²) in [6.45, 7) is 6.11. The number of fused-ring (bicyclic) bond motifs is 1. The van der Waals surface area contributed by atoms with Crippen LogP contribution in [0, 0.1) is 31.6 Å². The minimum absolute atomic E-state index is 0.00557. The van der Waals surface area contributed by atoms with E-state index in [0.29, 0.717) is 17.7 Å². The molecule has 5 rings (SSSR count). The van der Waals surface area contributed by atoms with Gasteiger partial charge in [-0.1, -0.05) is 13.0 Å². The summed E-state index contributed by atoms with van der Waals surface area (Å²) in [7, 11) is 0. The fourth-order valence-corrected chi connectivity index (χ4v) is 4.60. The number of nitrogens with zero attached hydrogens (tertiary/aromatic N) is 5. The summed E-state index contributed by atoms with van der Waals surface area (Å²) >= 11 is 0. The lowest BCUT2D eigenvalue weighted by molar-refractivity contribution is -0.121. The second kappa shape index (κ2) is 6.22. The fraction of sp³-hybridized carbons (Fsp3) is 0.381. The number of anilines is 1. The van der Waals surface area contributed by atoms with Crippen molar-refractivity contribution in [2.75, 3.05) is 4.90 Å². The topological polar surface area (TPSA) is 87.7 Å². The van der Waals surface area contributed by atoms with E-state index >= 15 is 0 Å². The van der Waals surface area contributed by atoms with E-state index in [0.717, 1.165) is 34.6 Å². The number of aromatic nitrogens is 5. The van der Waals surface area contributed by atoms with Crippen LogP contribution in [0.3, 0.4) is 0 Å². The van der Waals surface area contributed by atoms with Crippen LogP contribution in [0.15, 0.2) is 36.7 Å². The number of nitrogens with one attached hydrogen (secondary N) is 1. The molecule has 4 atom stereocenters. The molecule has 1 aliphatic heterocycles. The molecule has 1 amide bonds. The Labute approximate surface area is 163 Å². The van der Waals surface area contributed by atoms with Crippen LogP contribution in [-0.4, -0.2) is 37.3 Å². The van der Waals surface area contributed by atoms with Crippen molar-refractivity contribution in [2.45, 2.75) is 33.2 Å². The van der Waals surface area contributed by atoms with Crippen molar-refractivity contribution in [3.05, 3.63) is 53.6 Å². The van der Waals surface area contributed by atoms with E-state index < -0.39 is 0 Å². The van der Waals surface area contributed by atoms with Crippen LogP contribution in [0.4, 0.5) is 5.82 Å². The number of aryl methyl sites for hydroxylation is 2. The van der Waals surface area contributed by atoms with Gasteiger partial charge in [0.15, 0.2) is 5.82 Å². The van der Waals surface area contributed by atoms with Gasteiger partial charge < -0.3 is 0 Å². The van der Waals surface area contributed by atoms with Crippen LogP contribution in [-0.2, 0) is 11.2 Å². The summed E-state index contributed by atoms with van der Waals surface area (Å²) in [6, 6.07) is 8.17. The van der Waals surface area contributed by atoms with Crippen molar-refractivity contribution in [1.82, 2.24) is 25.4 Å². The summed E-state index contributed by atoms with van der Waals surface area (Å²) < 4.78 is 0. The fourth-order valence-electron chi connectivity index (χ4n) is 4.60. The Bertz CT molecular complexity index is 1040. The molecule has 142 valence electrons. The number of aromatic amines is 1. The first-order valence-electron chi connectivity index (χ1n) is 9.63. The lowest BCUT2D eigenvalue weighted by Crippen LogP contribution is -2.34. The number of piperidine rings is 1. The quantitative estimate of drug-likeness (QED) is 0.759. The Morgan fingerprint density at radius 3 is 2.82 bits per heavy atom. The van der Waals surface area contributed by atoms with Gasteiger partial charge in [-0.2, -0.15) is 15.3 Å². The molecule has 1 N–H and O–H groups in total. The van der Waals surface area contributed by atoms with Gasteiger partial charge in [0.1, 0.15) is 0 Å². The standard InChI is InChI=1S/C21H22N6O/c1-11-4-5-14(10-22-11)8-16-19-12(2)20(19)27(21(16)28)18-9-17(25-26-18)15-6-7-23-24-13(15)3/h4-7,9-10,12,16,19-20H,8H2,1-3H3,(H,25,26)/t12-,16?,19?,20?/m0/s1. The lowest BCUT2D eigenvalue weighted by Gasteiger charge is -2.20. The molecule has 1 saturated heterocycles. The van der Waals surface area contributed by atoms with Crippen LogP contribution in [0.1, 0.15) is 23.9 Å². The van der Waals surface area contributed by atoms with Crippen molar-refractivity contribution in [3.8, 4) is 11.3 Å². The Balaban J connectivity index is 1.42. The van der Waals surface area contributed by atoms with Gasteiger partial charge in [0.25, 0.3) is 0 Å². The third-order valence-corrected chi connectivity index (χ3v) is 6.15. The van der Waals surface area contributed by atoms with Crippen LogP contribution in [0.25, 0.3) is 11.3 Å². The average Bonchev–Trinajstić information content (AvgIpc) is 3.03. The molecule has 7 heteroatoms. The van der Waals surface area contributed by atoms with E-state index in [1.165, 1.54) is 0 Å². The Hall–Kier alpha value is -3.09. The minimum Gasteiger partial charge on any atom is -0.291 e. The zero-order valence-electron chi connectivity index (χ0n) is 16.1. The van der Waals surface area contributed by atoms with Crippen molar-refractivity contribution >= 4 is 11.7 Å². The lowest BCUT2D eigenvalue weighted by atomic mass is 9.94. The van der Waals surface area contributed by atoms with E-state index in [-0.39, 0.29) is 17.9 Å². The summed E-state index contributed by atoms with van der Waals surface area (Å²) in [5.41, 5.74) is 4.73. The summed E-state index contributed by atoms with van der Waals surface area (Å²) in [4.78, 5) is 19.5. The first-order chi connectivity index (χ1) is 13.5. The van der Waals surface area contributed by atoms with E-state index in [1.54, 1.807) is 6.20 Å². The molecule has 0 radical (unpaired) electrons. The zero-order chi connectivity index (χ0) is 19.4. The number of H-pyrrole nitrogens is 1. The van der Waals surface area contributed by atoms with Crippen molar-refractivity contribution in [2.24, 2.45) is 17.8 Å². The number of carbonyl (C=O) groups is 1. The van der Waals surface area contributed by atoms with E-state index in [9.17, 15) is 4.79 Å². The summed E-state index contributed by atoms with van der Waals surface area (Å²) in [5.74, 6) is 1.73. The molecular formula is C21H22N6O. The number of pyridine rings is 1. The third-order valence-electron chi connectivity index (χ3n) is 6.15. The molecule has 0 spiro atoms. The molecule has 2 aliphatic rings. The summed E-state index contributed by atoms with van der Waals surface area (Å²) in [5, 5.41) is 15.5. The molecule has 4 heterocycles. The molecule has 1 aliphatic carbocycles. The largest absolute Gasteiger partial charge is 0.291 e. The van der Waals surface area contributed by atoms with E-state index in [1.807, 2.05) is 43.1 Å². The highest BCUT2D eigenvalue weighted by molar-refractivity contribution is 6.00. The highest BCUT2D eigenvalue weighted by Gasteiger charge is 2.64. The van der Waals surface area contributed by atoms with Gasteiger partial charge in [-0.15, -0.1) is 0 Å². The van der Waals surface area contributed by atoms with Gasteiger partial charge in [-0.05, 0) is 49.8 Å². The van der Waals surface area contributed by atoms with E-state index in [2.05, 4.69) is 38.4 Å². The number of hydrogen-bond acceptors (Lipinski definition) is 5. The molecular weight excluding hydrogens is 352 g/mol. The molecule has 0 aromatic carbocycles. The van der Waals surface area contributed by atoms with Gasteiger partial charge in [0.2, 0.25) is 5.91 Å². The zero-order valence-corrected chi connectivity index (χ0v) is 16.1. The van der Waals surface area contributed by atoms with Crippen LogP contribution < -0.4 is 4.90 Å². The smallest absolute Gasteiger partial charge is 0.232 e. The molecule has 3 unspecified atom stereocenters. The molecule has 1 saturated carbocycles. The van der Waals surface area contributed by atoms with Gasteiger partial charge in [-0.25, -0.2) is 0 Å². The SMILES string of the molecule is Cc1ccc(CC2C(=O)N(c3cc(-c4ccnnc4C)[nH]n3)C3C2[C@@H]3C)cn1. The highest BCUT2D eigenvalue weighted by atomic mass is 16.2. The second-order valence-corrected chi connectivity index (χ2v) is 7.92. The first-order valence-corrected chi connectivity index (χ1v) is 9.63. The maximum absolute atomic E-state index is 13.2. The number of hydrogen-bond donors (Lipinski definition) is 1. The minimum atomic E-state index is -0.00557. The predicted molar refractivity (Wildman–Crippen MR) is 104 cm³/mol. The molecule has 7 nitrogen and oxygen atoms in total. The number of rotatable bonds is 4. The summed E-state index contributed by atoms with van der Waals surface area (Å²) in [6.07, 6.45) is 4.28. The van der Waals surface area contributed by atoms with Gasteiger partial charge in [0.05, 0.1) is 17.6 Å². The van der Waals surface area contributed by atoms with Crippen molar-refractivity contribution in [1.29, 1.82) is 0 Å². The normalized spacial score (nSPS) is 25.8. The second-order valence-electron chi connectivity index (χ2n) is 7.92. The van der Waals surface area contributed by atoms with Gasteiger partial charge >= 0.3 is 0 Å². The van der Waals surface area contributed by atoms with Gasteiger partial charge in [-0.3, -0.25) is 19.8 Å². The van der Waals surface area contributed by atoms with Crippen molar-refractivity contribution in [3.63, 3.8) is 0 Å². The molecule has 3 aromatic heterocycles.